The van der Waals surface area contributed by atoms with Gasteiger partial charge in [-0.3, -0.25) is 4.79 Å². The molecule has 0 spiro atoms. The molecule has 0 bridgehead atoms. The van der Waals surface area contributed by atoms with Crippen LogP contribution < -0.4 is 19.6 Å². The highest BCUT2D eigenvalue weighted by atomic mass is 16.6. The monoisotopic (exact) mass is 398 g/mol. The number of methoxy groups -OCH3 is 2. The molecule has 0 aliphatic rings. The van der Waals surface area contributed by atoms with Crippen LogP contribution in [-0.2, 0) is 9.53 Å². The molecule has 7 heteroatoms. The summed E-state index contributed by atoms with van der Waals surface area (Å²) >= 11 is 0. The van der Waals surface area contributed by atoms with Crippen molar-refractivity contribution in [3.63, 3.8) is 0 Å². The lowest BCUT2D eigenvalue weighted by Crippen LogP contribution is -2.28. The van der Waals surface area contributed by atoms with Crippen molar-refractivity contribution < 1.29 is 28.2 Å². The van der Waals surface area contributed by atoms with E-state index in [1.807, 2.05) is 0 Å². The Labute approximate surface area is 167 Å². The molecule has 1 atom stereocenters. The molecule has 7 nitrogen and oxygen atoms in total. The molecule has 0 aliphatic heterocycles. The van der Waals surface area contributed by atoms with Crippen LogP contribution in [0, 0.1) is 0 Å². The number of hydrogen-bond donors (Lipinski definition) is 0. The molecular formula is C22H22O7. The van der Waals surface area contributed by atoms with E-state index in [-0.39, 0.29) is 23.5 Å². The Bertz CT molecular complexity index is 1080. The molecule has 1 aromatic heterocycles. The third-order valence-electron chi connectivity index (χ3n) is 4.32. The summed E-state index contributed by atoms with van der Waals surface area (Å²) in [6.45, 7) is 3.43. The van der Waals surface area contributed by atoms with Crippen molar-refractivity contribution in [1.29, 1.82) is 0 Å². The van der Waals surface area contributed by atoms with Crippen molar-refractivity contribution in [2.45, 2.75) is 20.0 Å². The Kier molecular flexibility index (Phi) is 6.07. The Morgan fingerprint density at radius 2 is 1.79 bits per heavy atom. The van der Waals surface area contributed by atoms with Crippen LogP contribution in [0.3, 0.4) is 0 Å². The molecule has 0 unspecified atom stereocenters. The fourth-order valence-corrected chi connectivity index (χ4v) is 2.88. The molecule has 1 heterocycles. The summed E-state index contributed by atoms with van der Waals surface area (Å²) < 4.78 is 27.3. The quantitative estimate of drug-likeness (QED) is 0.560. The second-order valence-corrected chi connectivity index (χ2v) is 6.17. The smallest absolute Gasteiger partial charge is 0.347 e. The number of esters is 1. The largest absolute Gasteiger partial charge is 0.493 e. The third kappa shape index (κ3) is 4.03. The van der Waals surface area contributed by atoms with E-state index in [1.165, 1.54) is 21.1 Å². The van der Waals surface area contributed by atoms with Gasteiger partial charge in [0, 0.05) is 5.56 Å². The van der Waals surface area contributed by atoms with E-state index in [1.54, 1.807) is 49.4 Å². The van der Waals surface area contributed by atoms with Crippen LogP contribution >= 0.6 is 0 Å². The molecule has 3 aromatic rings. The van der Waals surface area contributed by atoms with Crippen LogP contribution in [0.5, 0.6) is 17.2 Å². The van der Waals surface area contributed by atoms with Gasteiger partial charge in [0.05, 0.1) is 26.2 Å². The Morgan fingerprint density at radius 1 is 1.07 bits per heavy atom. The minimum Gasteiger partial charge on any atom is -0.493 e. The standard InChI is InChI=1S/C22H22O7/c1-5-27-22(24)13(2)28-21-19(23)15-8-6-7-9-16(15)29-20(21)14-10-11-17(25-3)18(12-14)26-4/h6-13H,5H2,1-4H3/t13-/m1/s1. The molecular weight excluding hydrogens is 376 g/mol. The molecule has 0 aliphatic carbocycles. The first-order chi connectivity index (χ1) is 14.0. The Morgan fingerprint density at radius 3 is 2.48 bits per heavy atom. The van der Waals surface area contributed by atoms with Crippen molar-refractivity contribution in [1.82, 2.24) is 0 Å². The highest BCUT2D eigenvalue weighted by Gasteiger charge is 2.24. The van der Waals surface area contributed by atoms with Gasteiger partial charge < -0.3 is 23.4 Å². The third-order valence-corrected chi connectivity index (χ3v) is 4.32. The summed E-state index contributed by atoms with van der Waals surface area (Å²) in [6.07, 6.45) is -0.988. The van der Waals surface area contributed by atoms with Crippen LogP contribution in [0.2, 0.25) is 0 Å². The number of hydrogen-bond acceptors (Lipinski definition) is 7. The van der Waals surface area contributed by atoms with Crippen LogP contribution in [0.4, 0.5) is 0 Å². The Hall–Kier alpha value is -3.48. The summed E-state index contributed by atoms with van der Waals surface area (Å²) in [7, 11) is 3.04. The van der Waals surface area contributed by atoms with Gasteiger partial charge >= 0.3 is 5.97 Å². The minimum absolute atomic E-state index is 0.0727. The second kappa shape index (κ2) is 8.68. The molecule has 2 aromatic carbocycles. The maximum atomic E-state index is 13.1. The van der Waals surface area contributed by atoms with Gasteiger partial charge in [-0.25, -0.2) is 4.79 Å². The first kappa shape index (κ1) is 20.3. The topological polar surface area (TPSA) is 84.2 Å². The molecule has 3 rings (SSSR count). The van der Waals surface area contributed by atoms with Gasteiger partial charge in [-0.1, -0.05) is 12.1 Å². The lowest BCUT2D eigenvalue weighted by molar-refractivity contribution is -0.150. The molecule has 0 saturated heterocycles. The van der Waals surface area contributed by atoms with Gasteiger partial charge in [-0.05, 0) is 44.2 Å². The highest BCUT2D eigenvalue weighted by Crippen LogP contribution is 2.37. The maximum Gasteiger partial charge on any atom is 0.347 e. The van der Waals surface area contributed by atoms with E-state index in [9.17, 15) is 9.59 Å². The first-order valence-corrected chi connectivity index (χ1v) is 9.11. The van der Waals surface area contributed by atoms with Crippen LogP contribution in [0.15, 0.2) is 51.7 Å². The van der Waals surface area contributed by atoms with Crippen molar-refractivity contribution in [2.24, 2.45) is 0 Å². The van der Waals surface area contributed by atoms with Crippen molar-refractivity contribution in [3.05, 3.63) is 52.7 Å². The fraction of sp³-hybridized carbons (Fsp3) is 0.273. The SMILES string of the molecule is CCOC(=O)[C@@H](C)Oc1c(-c2ccc(OC)c(OC)c2)oc2ccccc2c1=O. The first-order valence-electron chi connectivity index (χ1n) is 9.11. The van der Waals surface area contributed by atoms with Crippen molar-refractivity contribution >= 4 is 16.9 Å². The highest BCUT2D eigenvalue weighted by molar-refractivity contribution is 5.83. The lowest BCUT2D eigenvalue weighted by Gasteiger charge is -2.16. The zero-order valence-electron chi connectivity index (χ0n) is 16.7. The molecule has 0 radical (unpaired) electrons. The predicted molar refractivity (Wildman–Crippen MR) is 108 cm³/mol. The number of carbonyl (C=O) groups is 1. The summed E-state index contributed by atoms with van der Waals surface area (Å²) in [5, 5.41) is 0.350. The molecule has 0 amide bonds. The molecule has 29 heavy (non-hydrogen) atoms. The van der Waals surface area contributed by atoms with E-state index in [2.05, 4.69) is 0 Å². The number of ether oxygens (including phenoxy) is 4. The zero-order chi connectivity index (χ0) is 21.0. The van der Waals surface area contributed by atoms with Crippen molar-refractivity contribution in [2.75, 3.05) is 20.8 Å². The predicted octanol–water partition coefficient (Wildman–Crippen LogP) is 3.81. The van der Waals surface area contributed by atoms with Crippen LogP contribution in [0.1, 0.15) is 13.8 Å². The second-order valence-electron chi connectivity index (χ2n) is 6.17. The fourth-order valence-electron chi connectivity index (χ4n) is 2.88. The summed E-state index contributed by atoms with van der Waals surface area (Å²) in [6, 6.07) is 11.9. The Balaban J connectivity index is 2.19. The molecule has 152 valence electrons. The number of carbonyl (C=O) groups excluding carboxylic acids is 1. The van der Waals surface area contributed by atoms with E-state index in [4.69, 9.17) is 23.4 Å². The average molecular weight is 398 g/mol. The van der Waals surface area contributed by atoms with Gasteiger partial charge in [0.25, 0.3) is 0 Å². The summed E-state index contributed by atoms with van der Waals surface area (Å²) in [4.78, 5) is 25.2. The summed E-state index contributed by atoms with van der Waals surface area (Å²) in [5.41, 5.74) is 0.558. The van der Waals surface area contributed by atoms with Gasteiger partial charge in [-0.15, -0.1) is 0 Å². The van der Waals surface area contributed by atoms with E-state index >= 15 is 0 Å². The molecule has 0 saturated carbocycles. The number of para-hydroxylation sites is 1. The zero-order valence-corrected chi connectivity index (χ0v) is 16.7. The van der Waals surface area contributed by atoms with Gasteiger partial charge in [0.2, 0.25) is 11.2 Å². The number of benzene rings is 2. The minimum atomic E-state index is -0.988. The van der Waals surface area contributed by atoms with Gasteiger partial charge in [0.1, 0.15) is 5.58 Å². The lowest BCUT2D eigenvalue weighted by atomic mass is 10.1. The van der Waals surface area contributed by atoms with Crippen molar-refractivity contribution in [3.8, 4) is 28.6 Å². The van der Waals surface area contributed by atoms with E-state index in [0.717, 1.165) is 0 Å². The van der Waals surface area contributed by atoms with Crippen LogP contribution in [0.25, 0.3) is 22.3 Å². The molecule has 0 fully saturated rings. The van der Waals surface area contributed by atoms with E-state index < -0.39 is 12.1 Å². The normalized spacial score (nSPS) is 11.7. The molecule has 0 N–H and O–H groups in total. The van der Waals surface area contributed by atoms with Gasteiger partial charge in [-0.2, -0.15) is 0 Å². The average Bonchev–Trinajstić information content (AvgIpc) is 2.75. The number of fused-ring (bicyclic) bond motifs is 1. The summed E-state index contributed by atoms with van der Waals surface area (Å²) in [5.74, 6) is 0.535. The number of rotatable bonds is 7. The van der Waals surface area contributed by atoms with E-state index in [0.29, 0.717) is 28.0 Å². The van der Waals surface area contributed by atoms with Gasteiger partial charge in [0.15, 0.2) is 23.4 Å². The maximum absolute atomic E-state index is 13.1. The van der Waals surface area contributed by atoms with Crippen LogP contribution in [-0.4, -0.2) is 32.9 Å².